The van der Waals surface area contributed by atoms with Crippen molar-refractivity contribution in [2.45, 2.75) is 13.0 Å². The zero-order valence-electron chi connectivity index (χ0n) is 15.2. The van der Waals surface area contributed by atoms with Crippen LogP contribution in [0.1, 0.15) is 12.0 Å². The number of benzene rings is 1. The van der Waals surface area contributed by atoms with Gasteiger partial charge >= 0.3 is 0 Å². The first-order valence-corrected chi connectivity index (χ1v) is 9.80. The molecule has 2 amide bonds. The van der Waals surface area contributed by atoms with Gasteiger partial charge in [-0.1, -0.05) is 36.3 Å². The summed E-state index contributed by atoms with van der Waals surface area (Å²) in [6.45, 7) is 0.456. The largest absolute Gasteiger partial charge is 0.335 e. The van der Waals surface area contributed by atoms with Gasteiger partial charge in [0.1, 0.15) is 0 Å². The Morgan fingerprint density at radius 2 is 1.79 bits per heavy atom. The molecule has 28 heavy (non-hydrogen) atoms. The van der Waals surface area contributed by atoms with E-state index in [4.69, 9.17) is 6.42 Å². The molecule has 1 saturated heterocycles. The minimum Gasteiger partial charge on any atom is -0.335 e. The van der Waals surface area contributed by atoms with Crippen molar-refractivity contribution in [3.63, 3.8) is 0 Å². The second-order valence-corrected chi connectivity index (χ2v) is 8.32. The van der Waals surface area contributed by atoms with Crippen molar-refractivity contribution in [2.75, 3.05) is 0 Å². The fourth-order valence-electron chi connectivity index (χ4n) is 5.78. The summed E-state index contributed by atoms with van der Waals surface area (Å²) >= 11 is 0. The number of rotatable bonds is 3. The number of imide groups is 1. The van der Waals surface area contributed by atoms with E-state index in [1.807, 2.05) is 35.0 Å². The average Bonchev–Trinajstić information content (AvgIpc) is 3.42. The van der Waals surface area contributed by atoms with E-state index in [1.54, 1.807) is 6.21 Å². The number of para-hydroxylation sites is 1. The second kappa shape index (κ2) is 5.45. The van der Waals surface area contributed by atoms with Crippen LogP contribution in [-0.2, 0) is 16.1 Å². The van der Waals surface area contributed by atoms with Crippen molar-refractivity contribution in [1.82, 2.24) is 9.58 Å². The van der Waals surface area contributed by atoms with Crippen LogP contribution in [0.15, 0.2) is 47.7 Å². The van der Waals surface area contributed by atoms with E-state index < -0.39 is 0 Å². The van der Waals surface area contributed by atoms with Crippen LogP contribution in [0.2, 0.25) is 0 Å². The summed E-state index contributed by atoms with van der Waals surface area (Å²) in [6, 6.07) is 7.91. The van der Waals surface area contributed by atoms with Gasteiger partial charge in [-0.05, 0) is 36.2 Å². The van der Waals surface area contributed by atoms with Crippen molar-refractivity contribution in [3.8, 4) is 12.3 Å². The highest BCUT2D eigenvalue weighted by molar-refractivity contribution is 6.07. The lowest BCUT2D eigenvalue weighted by Crippen LogP contribution is -2.40. The number of hydrazone groups is 1. The van der Waals surface area contributed by atoms with Crippen molar-refractivity contribution in [3.05, 3.63) is 48.2 Å². The van der Waals surface area contributed by atoms with Gasteiger partial charge in [0.05, 0.1) is 24.6 Å². The molecule has 2 heterocycles. The summed E-state index contributed by atoms with van der Waals surface area (Å²) in [5, 5.41) is 6.48. The monoisotopic (exact) mass is 369 g/mol. The van der Waals surface area contributed by atoms with Crippen LogP contribution in [0.25, 0.3) is 10.9 Å². The quantitative estimate of drug-likeness (QED) is 0.361. The predicted octanol–water partition coefficient (Wildman–Crippen LogP) is 2.66. The molecule has 2 saturated carbocycles. The summed E-state index contributed by atoms with van der Waals surface area (Å²) in [5.41, 5.74) is 1.86. The minimum absolute atomic E-state index is 0.136. The van der Waals surface area contributed by atoms with Gasteiger partial charge in [0.15, 0.2) is 0 Å². The van der Waals surface area contributed by atoms with Crippen LogP contribution in [-0.4, -0.2) is 27.6 Å². The zero-order chi connectivity index (χ0) is 19.0. The summed E-state index contributed by atoms with van der Waals surface area (Å²) in [4.78, 5) is 26.0. The molecule has 1 aromatic carbocycles. The molecule has 6 atom stereocenters. The highest BCUT2D eigenvalue weighted by Gasteiger charge is 2.67. The van der Waals surface area contributed by atoms with Crippen molar-refractivity contribution in [2.24, 2.45) is 40.6 Å². The lowest BCUT2D eigenvalue weighted by molar-refractivity contribution is -0.140. The Hall–Kier alpha value is -3.13. The topological polar surface area (TPSA) is 54.7 Å². The number of aromatic nitrogens is 1. The number of hydrogen-bond acceptors (Lipinski definition) is 3. The van der Waals surface area contributed by atoms with Crippen LogP contribution in [0.3, 0.4) is 0 Å². The first-order valence-electron chi connectivity index (χ1n) is 9.80. The van der Waals surface area contributed by atoms with E-state index in [1.165, 1.54) is 0 Å². The number of fused-ring (bicyclic) bond motifs is 1. The van der Waals surface area contributed by atoms with Gasteiger partial charge in [0.2, 0.25) is 0 Å². The van der Waals surface area contributed by atoms with Crippen LogP contribution < -0.4 is 0 Å². The SMILES string of the molecule is C#CCn1cc(/C=N\N2C(=O)[C@@H]3[C@H]4C=C[C@@H]([C@@H]5C[C@@H]45)[C@H]3C2=O)c2ccccc21. The Morgan fingerprint density at radius 1 is 1.11 bits per heavy atom. The number of hydrogen-bond donors (Lipinski definition) is 0. The first-order chi connectivity index (χ1) is 13.7. The molecule has 0 spiro atoms. The van der Waals surface area contributed by atoms with Gasteiger partial charge in [0, 0.05) is 22.7 Å². The van der Waals surface area contributed by atoms with Gasteiger partial charge in [-0.25, -0.2) is 0 Å². The smallest absolute Gasteiger partial charge is 0.254 e. The molecule has 7 rings (SSSR count). The van der Waals surface area contributed by atoms with E-state index in [0.717, 1.165) is 27.9 Å². The maximum absolute atomic E-state index is 13.0. The van der Waals surface area contributed by atoms with E-state index in [-0.39, 0.29) is 35.5 Å². The van der Waals surface area contributed by atoms with E-state index in [2.05, 4.69) is 23.2 Å². The van der Waals surface area contributed by atoms with E-state index >= 15 is 0 Å². The van der Waals surface area contributed by atoms with Gasteiger partial charge in [-0.3, -0.25) is 9.59 Å². The molecule has 5 heteroatoms. The molecule has 5 aliphatic rings. The van der Waals surface area contributed by atoms with Gasteiger partial charge in [-0.15, -0.1) is 6.42 Å². The molecule has 3 fully saturated rings. The third-order valence-electron chi connectivity index (χ3n) is 7.03. The number of allylic oxidation sites excluding steroid dienone is 2. The third kappa shape index (κ3) is 1.95. The molecule has 138 valence electrons. The van der Waals surface area contributed by atoms with Crippen LogP contribution in [0, 0.1) is 47.9 Å². The fourth-order valence-corrected chi connectivity index (χ4v) is 5.78. The zero-order valence-corrected chi connectivity index (χ0v) is 15.2. The average molecular weight is 369 g/mol. The number of carbonyl (C=O) groups excluding carboxylic acids is 2. The molecule has 4 aliphatic carbocycles. The van der Waals surface area contributed by atoms with Gasteiger partial charge < -0.3 is 4.57 Å². The first kappa shape index (κ1) is 15.9. The summed E-state index contributed by atoms with van der Waals surface area (Å²) in [7, 11) is 0. The molecule has 2 aromatic rings. The predicted molar refractivity (Wildman–Crippen MR) is 105 cm³/mol. The maximum atomic E-state index is 13.0. The molecule has 0 radical (unpaired) electrons. The Labute approximate surface area is 162 Å². The second-order valence-electron chi connectivity index (χ2n) is 8.32. The Balaban J connectivity index is 1.35. The third-order valence-corrected chi connectivity index (χ3v) is 7.03. The van der Waals surface area contributed by atoms with Gasteiger partial charge in [0.25, 0.3) is 11.8 Å². The number of carbonyl (C=O) groups is 2. The fraction of sp³-hybridized carbons (Fsp3) is 0.348. The van der Waals surface area contributed by atoms with E-state index in [0.29, 0.717) is 18.4 Å². The number of nitrogens with zero attached hydrogens (tertiary/aromatic N) is 3. The molecule has 2 bridgehead atoms. The van der Waals surface area contributed by atoms with Crippen LogP contribution in [0.4, 0.5) is 0 Å². The lowest BCUT2D eigenvalue weighted by atomic mass is 9.63. The number of amides is 2. The standard InChI is InChI=1S/C23H19N3O2/c1-2-9-25-12-13(14-5-3-4-6-19(14)25)11-24-26-22(27)20-15-7-8-16(18-10-17(15)18)21(20)23(26)28/h1,3-8,11-12,15-18,20-21H,9-10H2/b24-11-/t15-,16-,17-,18-,20+,21+/m0/s1. The molecular formula is C23H19N3O2. The molecular weight excluding hydrogens is 350 g/mol. The Bertz CT molecular complexity index is 1100. The Kier molecular flexibility index (Phi) is 3.09. The molecule has 1 aliphatic heterocycles. The molecule has 0 unspecified atom stereocenters. The molecule has 0 N–H and O–H groups in total. The lowest BCUT2D eigenvalue weighted by Gasteiger charge is -2.37. The van der Waals surface area contributed by atoms with Crippen LogP contribution in [0.5, 0.6) is 0 Å². The molecule has 1 aromatic heterocycles. The highest BCUT2D eigenvalue weighted by Crippen LogP contribution is 2.65. The van der Waals surface area contributed by atoms with Crippen molar-refractivity contribution >= 4 is 28.9 Å². The molecule has 5 nitrogen and oxygen atoms in total. The summed E-state index contributed by atoms with van der Waals surface area (Å²) in [6.07, 6.45) is 14.5. The van der Waals surface area contributed by atoms with Crippen molar-refractivity contribution < 1.29 is 9.59 Å². The summed E-state index contributed by atoms with van der Waals surface area (Å²) in [5.74, 6) is 3.57. The minimum atomic E-state index is -0.216. The Morgan fingerprint density at radius 3 is 2.46 bits per heavy atom. The van der Waals surface area contributed by atoms with Crippen molar-refractivity contribution in [1.29, 1.82) is 0 Å². The maximum Gasteiger partial charge on any atom is 0.254 e. The summed E-state index contributed by atoms with van der Waals surface area (Å²) < 4.78 is 1.97. The highest BCUT2D eigenvalue weighted by atomic mass is 16.2. The van der Waals surface area contributed by atoms with Gasteiger partial charge in [-0.2, -0.15) is 10.1 Å². The van der Waals surface area contributed by atoms with E-state index in [9.17, 15) is 9.59 Å². The number of terminal acetylenes is 1. The van der Waals surface area contributed by atoms with Crippen LogP contribution >= 0.6 is 0 Å². The normalized spacial score (nSPS) is 34.9.